The standard InChI is InChI=1S/C14H21NO4/c1-14(2,3)19-13(17)15-11(9-16)10-18-12-7-5-4-6-8-12/h4-8,11,16H,9-10H2,1-3H3,(H,15,17)/t11-/m1/s1. The largest absolute Gasteiger partial charge is 0.491 e. The van der Waals surface area contributed by atoms with Gasteiger partial charge in [-0.1, -0.05) is 18.2 Å². The normalized spacial score (nSPS) is 12.6. The van der Waals surface area contributed by atoms with E-state index < -0.39 is 17.7 Å². The van der Waals surface area contributed by atoms with E-state index in [0.717, 1.165) is 0 Å². The maximum absolute atomic E-state index is 11.5. The molecule has 0 bridgehead atoms. The SMILES string of the molecule is CC(C)(C)OC(=O)N[C@H](CO)COc1ccccc1. The average molecular weight is 267 g/mol. The van der Waals surface area contributed by atoms with E-state index in [1.165, 1.54) is 0 Å². The van der Waals surface area contributed by atoms with Crippen LogP contribution in [0.1, 0.15) is 20.8 Å². The van der Waals surface area contributed by atoms with Crippen LogP contribution < -0.4 is 10.1 Å². The van der Waals surface area contributed by atoms with Crippen molar-refractivity contribution in [3.63, 3.8) is 0 Å². The Balaban J connectivity index is 2.39. The van der Waals surface area contributed by atoms with Crippen molar-refractivity contribution in [2.75, 3.05) is 13.2 Å². The first-order chi connectivity index (χ1) is 8.90. The number of nitrogens with one attached hydrogen (secondary N) is 1. The van der Waals surface area contributed by atoms with Crippen LogP contribution in [0.25, 0.3) is 0 Å². The van der Waals surface area contributed by atoms with E-state index in [2.05, 4.69) is 5.32 Å². The molecule has 0 unspecified atom stereocenters. The molecular weight excluding hydrogens is 246 g/mol. The van der Waals surface area contributed by atoms with Gasteiger partial charge < -0.3 is 19.9 Å². The quantitative estimate of drug-likeness (QED) is 0.855. The van der Waals surface area contributed by atoms with Crippen LogP contribution in [0.2, 0.25) is 0 Å². The number of aliphatic hydroxyl groups excluding tert-OH is 1. The van der Waals surface area contributed by atoms with Crippen LogP contribution in [0.5, 0.6) is 5.75 Å². The molecule has 106 valence electrons. The van der Waals surface area contributed by atoms with Crippen molar-refractivity contribution >= 4 is 6.09 Å². The number of hydrogen-bond donors (Lipinski definition) is 2. The van der Waals surface area contributed by atoms with Crippen molar-refractivity contribution in [1.29, 1.82) is 0 Å². The Kier molecular flexibility index (Phi) is 5.63. The summed E-state index contributed by atoms with van der Waals surface area (Å²) >= 11 is 0. The number of benzene rings is 1. The summed E-state index contributed by atoms with van der Waals surface area (Å²) in [6.07, 6.45) is -0.566. The maximum Gasteiger partial charge on any atom is 0.408 e. The molecule has 1 amide bonds. The highest BCUT2D eigenvalue weighted by molar-refractivity contribution is 5.68. The first-order valence-corrected chi connectivity index (χ1v) is 6.19. The second kappa shape index (κ2) is 6.99. The van der Waals surface area contributed by atoms with Gasteiger partial charge in [-0.05, 0) is 32.9 Å². The third-order valence-electron chi connectivity index (χ3n) is 2.14. The lowest BCUT2D eigenvalue weighted by Crippen LogP contribution is -2.44. The minimum absolute atomic E-state index is 0.180. The van der Waals surface area contributed by atoms with Gasteiger partial charge in [0.15, 0.2) is 0 Å². The molecule has 1 rings (SSSR count). The van der Waals surface area contributed by atoms with Crippen LogP contribution >= 0.6 is 0 Å². The maximum atomic E-state index is 11.5. The number of rotatable bonds is 5. The zero-order valence-corrected chi connectivity index (χ0v) is 11.6. The first kappa shape index (κ1) is 15.3. The number of hydrogen-bond acceptors (Lipinski definition) is 4. The van der Waals surface area contributed by atoms with Gasteiger partial charge in [0.1, 0.15) is 18.0 Å². The van der Waals surface area contributed by atoms with E-state index >= 15 is 0 Å². The predicted molar refractivity (Wildman–Crippen MR) is 72.2 cm³/mol. The molecule has 0 spiro atoms. The van der Waals surface area contributed by atoms with Gasteiger partial charge in [0.25, 0.3) is 0 Å². The molecule has 1 atom stereocenters. The summed E-state index contributed by atoms with van der Waals surface area (Å²) in [5, 5.41) is 11.8. The molecule has 0 aliphatic carbocycles. The highest BCUT2D eigenvalue weighted by Gasteiger charge is 2.19. The number of aliphatic hydroxyl groups is 1. The number of amides is 1. The Labute approximate surface area is 113 Å². The highest BCUT2D eigenvalue weighted by atomic mass is 16.6. The van der Waals surface area contributed by atoms with Crippen molar-refractivity contribution in [1.82, 2.24) is 5.32 Å². The smallest absolute Gasteiger partial charge is 0.408 e. The van der Waals surface area contributed by atoms with Crippen molar-refractivity contribution in [2.24, 2.45) is 0 Å². The van der Waals surface area contributed by atoms with E-state index in [1.54, 1.807) is 20.8 Å². The molecule has 1 aromatic rings. The zero-order valence-electron chi connectivity index (χ0n) is 11.6. The van der Waals surface area contributed by atoms with Crippen LogP contribution in [0.3, 0.4) is 0 Å². The number of para-hydroxylation sites is 1. The lowest BCUT2D eigenvalue weighted by Gasteiger charge is -2.22. The minimum Gasteiger partial charge on any atom is -0.491 e. The molecule has 0 fully saturated rings. The topological polar surface area (TPSA) is 67.8 Å². The van der Waals surface area contributed by atoms with Gasteiger partial charge in [-0.3, -0.25) is 0 Å². The Morgan fingerprint density at radius 2 is 1.95 bits per heavy atom. The summed E-state index contributed by atoms with van der Waals surface area (Å²) in [6, 6.07) is 8.70. The third-order valence-corrected chi connectivity index (χ3v) is 2.14. The minimum atomic E-state index is -0.566. The van der Waals surface area contributed by atoms with Crippen LogP contribution in [-0.4, -0.2) is 36.1 Å². The summed E-state index contributed by atoms with van der Waals surface area (Å²) in [5.74, 6) is 0.687. The van der Waals surface area contributed by atoms with Crippen LogP contribution in [-0.2, 0) is 4.74 Å². The Morgan fingerprint density at radius 1 is 1.32 bits per heavy atom. The molecule has 5 nitrogen and oxygen atoms in total. The second-order valence-corrected chi connectivity index (χ2v) is 5.15. The van der Waals surface area contributed by atoms with Gasteiger partial charge in [-0.2, -0.15) is 0 Å². The summed E-state index contributed by atoms with van der Waals surface area (Å²) < 4.78 is 10.6. The van der Waals surface area contributed by atoms with Crippen molar-refractivity contribution in [3.8, 4) is 5.75 Å². The summed E-state index contributed by atoms with van der Waals surface area (Å²) in [6.45, 7) is 5.30. The molecule has 0 heterocycles. The molecule has 1 aromatic carbocycles. The summed E-state index contributed by atoms with van der Waals surface area (Å²) in [7, 11) is 0. The van der Waals surface area contributed by atoms with Crippen LogP contribution in [0.15, 0.2) is 30.3 Å². The van der Waals surface area contributed by atoms with Gasteiger partial charge in [-0.15, -0.1) is 0 Å². The van der Waals surface area contributed by atoms with E-state index in [-0.39, 0.29) is 13.2 Å². The molecule has 19 heavy (non-hydrogen) atoms. The number of carbonyl (C=O) groups excluding carboxylic acids is 1. The Hall–Kier alpha value is -1.75. The van der Waals surface area contributed by atoms with E-state index in [0.29, 0.717) is 5.75 Å². The van der Waals surface area contributed by atoms with Gasteiger partial charge in [0.2, 0.25) is 0 Å². The van der Waals surface area contributed by atoms with Crippen molar-refractivity contribution < 1.29 is 19.4 Å². The molecule has 0 saturated carbocycles. The second-order valence-electron chi connectivity index (χ2n) is 5.15. The Bertz CT molecular complexity index is 386. The Morgan fingerprint density at radius 3 is 2.47 bits per heavy atom. The fraction of sp³-hybridized carbons (Fsp3) is 0.500. The summed E-state index contributed by atoms with van der Waals surface area (Å²) in [4.78, 5) is 11.5. The predicted octanol–water partition coefficient (Wildman–Crippen LogP) is 1.95. The number of ether oxygens (including phenoxy) is 2. The zero-order chi connectivity index (χ0) is 14.3. The lowest BCUT2D eigenvalue weighted by molar-refractivity contribution is 0.0458. The first-order valence-electron chi connectivity index (χ1n) is 6.19. The van der Waals surface area contributed by atoms with Crippen LogP contribution in [0.4, 0.5) is 4.79 Å². The van der Waals surface area contributed by atoms with E-state index in [9.17, 15) is 9.90 Å². The monoisotopic (exact) mass is 267 g/mol. The van der Waals surface area contributed by atoms with Gasteiger partial charge in [0, 0.05) is 0 Å². The van der Waals surface area contributed by atoms with Gasteiger partial charge in [-0.25, -0.2) is 4.79 Å². The molecule has 0 radical (unpaired) electrons. The fourth-order valence-electron chi connectivity index (χ4n) is 1.33. The van der Waals surface area contributed by atoms with E-state index in [4.69, 9.17) is 9.47 Å². The number of alkyl carbamates (subject to hydrolysis) is 1. The lowest BCUT2D eigenvalue weighted by atomic mass is 10.2. The molecule has 0 aromatic heterocycles. The molecule has 0 aliphatic heterocycles. The van der Waals surface area contributed by atoms with Crippen LogP contribution in [0, 0.1) is 0 Å². The highest BCUT2D eigenvalue weighted by Crippen LogP contribution is 2.09. The molecule has 0 aliphatic rings. The van der Waals surface area contributed by atoms with Gasteiger partial charge in [0.05, 0.1) is 12.6 Å². The average Bonchev–Trinajstić information content (AvgIpc) is 2.33. The summed E-state index contributed by atoms with van der Waals surface area (Å²) in [5.41, 5.74) is -0.565. The number of carbonyl (C=O) groups is 1. The molecule has 0 saturated heterocycles. The molecular formula is C14H21NO4. The molecule has 2 N–H and O–H groups in total. The third kappa shape index (κ3) is 6.67. The fourth-order valence-corrected chi connectivity index (χ4v) is 1.33. The van der Waals surface area contributed by atoms with Gasteiger partial charge >= 0.3 is 6.09 Å². The van der Waals surface area contributed by atoms with E-state index in [1.807, 2.05) is 30.3 Å². The van der Waals surface area contributed by atoms with Crippen molar-refractivity contribution in [2.45, 2.75) is 32.4 Å². The molecule has 5 heteroatoms. The van der Waals surface area contributed by atoms with Crippen molar-refractivity contribution in [3.05, 3.63) is 30.3 Å².